The molecule has 0 aliphatic carbocycles. The van der Waals surface area contributed by atoms with Crippen LogP contribution in [-0.2, 0) is 4.74 Å². The highest BCUT2D eigenvalue weighted by molar-refractivity contribution is 5.85. The van der Waals surface area contributed by atoms with E-state index in [0.29, 0.717) is 11.7 Å². The lowest BCUT2D eigenvalue weighted by Gasteiger charge is -2.35. The number of nitrogens with zero attached hydrogens (tertiary/aromatic N) is 2. The van der Waals surface area contributed by atoms with Gasteiger partial charge in [0.15, 0.2) is 0 Å². The number of carboxylic acid groups (broad SMARTS) is 1. The highest BCUT2D eigenvalue weighted by Crippen LogP contribution is 2.25. The fourth-order valence-corrected chi connectivity index (χ4v) is 2.84. The Bertz CT molecular complexity index is 474. The fourth-order valence-electron chi connectivity index (χ4n) is 2.84. The first-order chi connectivity index (χ1) is 9.93. The number of aromatic nitrogens is 1. The number of aromatic carboxylic acids is 1. The van der Waals surface area contributed by atoms with E-state index in [9.17, 15) is 9.90 Å². The van der Waals surface area contributed by atoms with Gasteiger partial charge in [-0.05, 0) is 45.2 Å². The number of likely N-dealkylation sites (tertiary alicyclic amines) is 1. The normalized spacial score (nSPS) is 18.0. The van der Waals surface area contributed by atoms with E-state index in [2.05, 4.69) is 18.7 Å². The van der Waals surface area contributed by atoms with Crippen molar-refractivity contribution in [3.05, 3.63) is 24.0 Å². The first kappa shape index (κ1) is 16.0. The van der Waals surface area contributed by atoms with Gasteiger partial charge in [-0.25, -0.2) is 4.79 Å². The average Bonchev–Trinajstić information content (AvgIpc) is 2.95. The number of piperidine rings is 1. The summed E-state index contributed by atoms with van der Waals surface area (Å²) in [5.74, 6) is -0.843. The monoisotopic (exact) mass is 294 g/mol. The first-order valence-electron chi connectivity index (χ1n) is 7.60. The summed E-state index contributed by atoms with van der Waals surface area (Å²) in [6, 6.07) is 3.80. The molecule has 0 amide bonds. The van der Waals surface area contributed by atoms with Crippen LogP contribution in [-0.4, -0.2) is 52.9 Å². The zero-order valence-electron chi connectivity index (χ0n) is 13.2. The van der Waals surface area contributed by atoms with E-state index in [-0.39, 0.29) is 5.60 Å². The van der Waals surface area contributed by atoms with E-state index in [1.54, 1.807) is 13.2 Å². The van der Waals surface area contributed by atoms with Crippen molar-refractivity contribution >= 4 is 5.97 Å². The lowest BCUT2D eigenvalue weighted by Crippen LogP contribution is -2.38. The molecule has 1 aromatic rings. The van der Waals surface area contributed by atoms with Crippen molar-refractivity contribution in [2.45, 2.75) is 44.8 Å². The maximum Gasteiger partial charge on any atom is 0.352 e. The molecule has 118 valence electrons. The van der Waals surface area contributed by atoms with Gasteiger partial charge in [0.25, 0.3) is 0 Å². The maximum absolute atomic E-state index is 11.2. The van der Waals surface area contributed by atoms with Crippen molar-refractivity contribution < 1.29 is 14.6 Å². The summed E-state index contributed by atoms with van der Waals surface area (Å²) in [5.41, 5.74) is 0.322. The Kier molecular flexibility index (Phi) is 5.06. The second kappa shape index (κ2) is 6.62. The number of carbonyl (C=O) groups is 1. The molecule has 0 saturated carbocycles. The van der Waals surface area contributed by atoms with Crippen LogP contribution in [0.5, 0.6) is 0 Å². The largest absolute Gasteiger partial charge is 0.477 e. The number of rotatable bonds is 6. The third-order valence-corrected chi connectivity index (χ3v) is 4.53. The van der Waals surface area contributed by atoms with Crippen LogP contribution in [0.3, 0.4) is 0 Å². The lowest BCUT2D eigenvalue weighted by atomic mass is 10.0. The Hall–Kier alpha value is -1.33. The van der Waals surface area contributed by atoms with Gasteiger partial charge in [0.1, 0.15) is 5.69 Å². The number of hydrogen-bond donors (Lipinski definition) is 1. The summed E-state index contributed by atoms with van der Waals surface area (Å²) in [4.78, 5) is 13.6. The molecule has 2 heterocycles. The molecular formula is C16H26N2O3. The van der Waals surface area contributed by atoms with Gasteiger partial charge < -0.3 is 19.3 Å². The van der Waals surface area contributed by atoms with Gasteiger partial charge >= 0.3 is 5.97 Å². The molecule has 21 heavy (non-hydrogen) atoms. The molecule has 0 unspecified atom stereocenters. The summed E-state index contributed by atoms with van der Waals surface area (Å²) in [5, 5.41) is 9.19. The number of carboxylic acids is 1. The molecule has 1 aliphatic heterocycles. The van der Waals surface area contributed by atoms with E-state index in [1.807, 2.05) is 16.8 Å². The third-order valence-electron chi connectivity index (χ3n) is 4.53. The second-order valence-corrected chi connectivity index (χ2v) is 6.39. The summed E-state index contributed by atoms with van der Waals surface area (Å²) >= 11 is 0. The van der Waals surface area contributed by atoms with Crippen LogP contribution in [0, 0.1) is 0 Å². The van der Waals surface area contributed by atoms with E-state index in [0.717, 1.165) is 38.9 Å². The number of ether oxygens (including phenoxy) is 1. The zero-order valence-corrected chi connectivity index (χ0v) is 13.2. The van der Waals surface area contributed by atoms with Gasteiger partial charge in [0, 0.05) is 39.0 Å². The Balaban J connectivity index is 1.86. The molecule has 2 rings (SSSR count). The summed E-state index contributed by atoms with van der Waals surface area (Å²) in [6.45, 7) is 7.28. The molecule has 0 bridgehead atoms. The van der Waals surface area contributed by atoms with Crippen molar-refractivity contribution in [3.8, 4) is 0 Å². The minimum atomic E-state index is -0.843. The summed E-state index contributed by atoms with van der Waals surface area (Å²) in [6.07, 6.45) is 4.90. The summed E-state index contributed by atoms with van der Waals surface area (Å²) in [7, 11) is 1.76. The van der Waals surface area contributed by atoms with Crippen LogP contribution in [0.25, 0.3) is 0 Å². The maximum atomic E-state index is 11.2. The van der Waals surface area contributed by atoms with Crippen LogP contribution in [0.2, 0.25) is 0 Å². The quantitative estimate of drug-likeness (QED) is 0.876. The van der Waals surface area contributed by atoms with Crippen LogP contribution in [0.15, 0.2) is 18.3 Å². The molecule has 1 aliphatic rings. The van der Waals surface area contributed by atoms with Crippen LogP contribution >= 0.6 is 0 Å². The van der Waals surface area contributed by atoms with Crippen molar-refractivity contribution in [2.24, 2.45) is 0 Å². The SMILES string of the molecule is COC(C)(C)CCN1CCC(n2cccc2C(=O)O)CC1. The Morgan fingerprint density at radius 1 is 1.43 bits per heavy atom. The number of hydrogen-bond acceptors (Lipinski definition) is 3. The van der Waals surface area contributed by atoms with Gasteiger partial charge in [-0.2, -0.15) is 0 Å². The molecule has 0 aromatic carbocycles. The topological polar surface area (TPSA) is 54.7 Å². The zero-order chi connectivity index (χ0) is 15.5. The molecule has 0 spiro atoms. The van der Waals surface area contributed by atoms with E-state index in [1.165, 1.54) is 0 Å². The first-order valence-corrected chi connectivity index (χ1v) is 7.60. The van der Waals surface area contributed by atoms with Gasteiger partial charge in [-0.1, -0.05) is 0 Å². The predicted octanol–water partition coefficient (Wildman–Crippen LogP) is 2.64. The standard InChI is InChI=1S/C16H26N2O3/c1-16(2,21-3)8-12-17-10-6-13(7-11-17)18-9-4-5-14(18)15(19)20/h4-5,9,13H,6-8,10-12H2,1-3H3,(H,19,20). The molecule has 0 radical (unpaired) electrons. The van der Waals surface area contributed by atoms with Gasteiger partial charge in [-0.3, -0.25) is 0 Å². The fraction of sp³-hybridized carbons (Fsp3) is 0.688. The van der Waals surface area contributed by atoms with Crippen LogP contribution in [0.4, 0.5) is 0 Å². The van der Waals surface area contributed by atoms with E-state index < -0.39 is 5.97 Å². The van der Waals surface area contributed by atoms with Gasteiger partial charge in [0.2, 0.25) is 0 Å². The van der Waals surface area contributed by atoms with Gasteiger partial charge in [-0.15, -0.1) is 0 Å². The van der Waals surface area contributed by atoms with Crippen molar-refractivity contribution in [1.82, 2.24) is 9.47 Å². The molecule has 1 N–H and O–H groups in total. The highest BCUT2D eigenvalue weighted by Gasteiger charge is 2.25. The van der Waals surface area contributed by atoms with Crippen molar-refractivity contribution in [1.29, 1.82) is 0 Å². The highest BCUT2D eigenvalue weighted by atomic mass is 16.5. The van der Waals surface area contributed by atoms with Crippen LogP contribution in [0.1, 0.15) is 49.6 Å². The molecule has 0 atom stereocenters. The molecule has 5 nitrogen and oxygen atoms in total. The molecule has 1 aromatic heterocycles. The second-order valence-electron chi connectivity index (χ2n) is 6.39. The molecule has 1 saturated heterocycles. The number of methoxy groups -OCH3 is 1. The molecular weight excluding hydrogens is 268 g/mol. The van der Waals surface area contributed by atoms with E-state index in [4.69, 9.17) is 4.74 Å². The smallest absolute Gasteiger partial charge is 0.352 e. The molecule has 1 fully saturated rings. The van der Waals surface area contributed by atoms with E-state index >= 15 is 0 Å². The minimum absolute atomic E-state index is 0.0756. The Morgan fingerprint density at radius 3 is 2.67 bits per heavy atom. The molecule has 5 heteroatoms. The van der Waals surface area contributed by atoms with Crippen molar-refractivity contribution in [2.75, 3.05) is 26.7 Å². The Morgan fingerprint density at radius 2 is 2.10 bits per heavy atom. The predicted molar refractivity (Wildman–Crippen MR) is 81.8 cm³/mol. The van der Waals surface area contributed by atoms with Gasteiger partial charge in [0.05, 0.1) is 5.60 Å². The van der Waals surface area contributed by atoms with Crippen molar-refractivity contribution in [3.63, 3.8) is 0 Å². The average molecular weight is 294 g/mol. The third kappa shape index (κ3) is 4.08. The lowest BCUT2D eigenvalue weighted by molar-refractivity contribution is 0.00500. The van der Waals surface area contributed by atoms with Crippen LogP contribution < -0.4 is 0 Å². The Labute approximate surface area is 126 Å². The minimum Gasteiger partial charge on any atom is -0.477 e. The summed E-state index contributed by atoms with van der Waals surface area (Å²) < 4.78 is 7.37.